The average Bonchev–Trinajstić information content (AvgIpc) is 2.66. The molecule has 2 aliphatic rings. The summed E-state index contributed by atoms with van der Waals surface area (Å²) in [5.41, 5.74) is 0. The highest BCUT2D eigenvalue weighted by Gasteiger charge is 2.23. The largest absolute Gasteiger partial charge is 0.395 e. The number of aliphatic hydroxyl groups excluding tert-OH is 1. The van der Waals surface area contributed by atoms with Gasteiger partial charge in [0.15, 0.2) is 0 Å². The molecule has 1 unspecified atom stereocenters. The molecule has 2 rings (SSSR count). The van der Waals surface area contributed by atoms with Crippen molar-refractivity contribution in [3.8, 4) is 0 Å². The highest BCUT2D eigenvalue weighted by atomic mass is 16.5. The van der Waals surface area contributed by atoms with Gasteiger partial charge in [-0.1, -0.05) is 0 Å². The van der Waals surface area contributed by atoms with E-state index in [1.807, 2.05) is 4.90 Å². The Labute approximate surface area is 114 Å². The summed E-state index contributed by atoms with van der Waals surface area (Å²) < 4.78 is 5.58. The molecule has 0 aliphatic carbocycles. The lowest BCUT2D eigenvalue weighted by molar-refractivity contribution is -0.134. The number of hydrogen-bond acceptors (Lipinski definition) is 5. The van der Waals surface area contributed by atoms with E-state index in [0.29, 0.717) is 19.6 Å². The maximum Gasteiger partial charge on any atom is 0.225 e. The number of carbonyl (C=O) groups is 1. The number of nitrogens with zero attached hydrogens (tertiary/aromatic N) is 2. The fraction of sp³-hybridized carbons (Fsp3) is 0.923. The Hall–Kier alpha value is -0.690. The molecule has 0 spiro atoms. The fourth-order valence-electron chi connectivity index (χ4n) is 2.66. The molecule has 2 aliphatic heterocycles. The molecule has 110 valence electrons. The summed E-state index contributed by atoms with van der Waals surface area (Å²) >= 11 is 0. The van der Waals surface area contributed by atoms with Gasteiger partial charge in [0, 0.05) is 39.3 Å². The minimum atomic E-state index is 0.0260. The Kier molecular flexibility index (Phi) is 6.03. The summed E-state index contributed by atoms with van der Waals surface area (Å²) in [5, 5.41) is 12.2. The number of hydrogen-bond donors (Lipinski definition) is 2. The van der Waals surface area contributed by atoms with Crippen molar-refractivity contribution in [3.05, 3.63) is 0 Å². The van der Waals surface area contributed by atoms with Gasteiger partial charge in [0.1, 0.15) is 0 Å². The monoisotopic (exact) mass is 271 g/mol. The van der Waals surface area contributed by atoms with Crippen LogP contribution < -0.4 is 5.32 Å². The summed E-state index contributed by atoms with van der Waals surface area (Å²) in [6.07, 6.45) is 1.49. The van der Waals surface area contributed by atoms with Crippen molar-refractivity contribution < 1.29 is 14.6 Å². The van der Waals surface area contributed by atoms with Gasteiger partial charge in [-0.15, -0.1) is 0 Å². The van der Waals surface area contributed by atoms with E-state index >= 15 is 0 Å². The van der Waals surface area contributed by atoms with E-state index in [-0.39, 0.29) is 18.6 Å². The van der Waals surface area contributed by atoms with Gasteiger partial charge in [0.2, 0.25) is 5.91 Å². The topological polar surface area (TPSA) is 65.0 Å². The van der Waals surface area contributed by atoms with E-state index < -0.39 is 0 Å². The van der Waals surface area contributed by atoms with Crippen LogP contribution in [0.1, 0.15) is 12.8 Å². The molecular formula is C13H25N3O3. The molecule has 0 bridgehead atoms. The van der Waals surface area contributed by atoms with Crippen molar-refractivity contribution >= 4 is 5.91 Å². The Bertz CT molecular complexity index is 282. The van der Waals surface area contributed by atoms with Gasteiger partial charge in [-0.2, -0.15) is 0 Å². The third-order valence-corrected chi connectivity index (χ3v) is 3.76. The molecule has 2 heterocycles. The van der Waals surface area contributed by atoms with Crippen LogP contribution in [0.25, 0.3) is 0 Å². The lowest BCUT2D eigenvalue weighted by Crippen LogP contribution is -2.43. The van der Waals surface area contributed by atoms with E-state index in [4.69, 9.17) is 9.84 Å². The summed E-state index contributed by atoms with van der Waals surface area (Å²) in [6.45, 7) is 6.65. The normalized spacial score (nSPS) is 26.2. The first kappa shape index (κ1) is 14.7. The zero-order chi connectivity index (χ0) is 13.5. The summed E-state index contributed by atoms with van der Waals surface area (Å²) in [6, 6.07) is 0. The molecule has 2 fully saturated rings. The minimum Gasteiger partial charge on any atom is -0.395 e. The second-order valence-corrected chi connectivity index (χ2v) is 5.20. The molecule has 19 heavy (non-hydrogen) atoms. The van der Waals surface area contributed by atoms with Gasteiger partial charge in [0.05, 0.1) is 25.7 Å². The third kappa shape index (κ3) is 4.72. The Morgan fingerprint density at radius 1 is 1.32 bits per heavy atom. The van der Waals surface area contributed by atoms with Crippen molar-refractivity contribution in [2.75, 3.05) is 59.0 Å². The number of nitrogens with one attached hydrogen (secondary N) is 1. The van der Waals surface area contributed by atoms with E-state index in [0.717, 1.165) is 45.7 Å². The van der Waals surface area contributed by atoms with Crippen LogP contribution in [0.4, 0.5) is 0 Å². The first-order valence-corrected chi connectivity index (χ1v) is 7.23. The van der Waals surface area contributed by atoms with E-state index in [1.54, 1.807) is 0 Å². The molecule has 0 aromatic heterocycles. The second-order valence-electron chi connectivity index (χ2n) is 5.20. The molecule has 0 radical (unpaired) electrons. The summed E-state index contributed by atoms with van der Waals surface area (Å²) in [4.78, 5) is 16.4. The van der Waals surface area contributed by atoms with Gasteiger partial charge in [-0.3, -0.25) is 9.69 Å². The first-order chi connectivity index (χ1) is 9.29. The third-order valence-electron chi connectivity index (χ3n) is 3.76. The Balaban J connectivity index is 1.75. The molecule has 6 heteroatoms. The predicted octanol–water partition coefficient (Wildman–Crippen LogP) is -1.11. The quantitative estimate of drug-likeness (QED) is 0.679. The van der Waals surface area contributed by atoms with Crippen molar-refractivity contribution in [2.45, 2.75) is 18.9 Å². The number of aliphatic hydroxyl groups is 1. The molecule has 2 N–H and O–H groups in total. The van der Waals surface area contributed by atoms with Crippen LogP contribution in [0, 0.1) is 0 Å². The molecule has 1 atom stereocenters. The van der Waals surface area contributed by atoms with Gasteiger partial charge in [-0.25, -0.2) is 0 Å². The van der Waals surface area contributed by atoms with E-state index in [1.165, 1.54) is 0 Å². The van der Waals surface area contributed by atoms with Crippen LogP contribution in [0.2, 0.25) is 0 Å². The molecule has 2 saturated heterocycles. The number of amides is 1. The maximum atomic E-state index is 12.2. The van der Waals surface area contributed by atoms with Crippen molar-refractivity contribution in [2.24, 2.45) is 0 Å². The van der Waals surface area contributed by atoms with Gasteiger partial charge in [-0.05, 0) is 13.0 Å². The molecule has 1 amide bonds. The Morgan fingerprint density at radius 2 is 2.21 bits per heavy atom. The Morgan fingerprint density at radius 3 is 2.95 bits per heavy atom. The standard InChI is InChI=1S/C13H25N3O3/c17-8-7-15-3-1-4-16(6-5-15)13(18)10-12-11-14-2-9-19-12/h12,14,17H,1-11H2. The smallest absolute Gasteiger partial charge is 0.225 e. The summed E-state index contributed by atoms with van der Waals surface area (Å²) in [5.74, 6) is 0.194. The van der Waals surface area contributed by atoms with E-state index in [2.05, 4.69) is 10.2 Å². The van der Waals surface area contributed by atoms with Crippen LogP contribution in [0.5, 0.6) is 0 Å². The van der Waals surface area contributed by atoms with Crippen molar-refractivity contribution in [3.63, 3.8) is 0 Å². The number of morpholine rings is 1. The van der Waals surface area contributed by atoms with Crippen LogP contribution >= 0.6 is 0 Å². The van der Waals surface area contributed by atoms with Crippen LogP contribution in [-0.2, 0) is 9.53 Å². The average molecular weight is 271 g/mol. The zero-order valence-electron chi connectivity index (χ0n) is 11.5. The van der Waals surface area contributed by atoms with Crippen molar-refractivity contribution in [1.29, 1.82) is 0 Å². The van der Waals surface area contributed by atoms with Crippen LogP contribution in [0.15, 0.2) is 0 Å². The van der Waals surface area contributed by atoms with Gasteiger partial charge >= 0.3 is 0 Å². The van der Waals surface area contributed by atoms with E-state index in [9.17, 15) is 4.79 Å². The molecular weight excluding hydrogens is 246 g/mol. The van der Waals surface area contributed by atoms with Crippen LogP contribution in [-0.4, -0.2) is 85.9 Å². The molecule has 0 aromatic rings. The van der Waals surface area contributed by atoms with Gasteiger partial charge in [0.25, 0.3) is 0 Å². The predicted molar refractivity (Wildman–Crippen MR) is 71.9 cm³/mol. The SMILES string of the molecule is O=C(CC1CNCCO1)N1CCCN(CCO)CC1. The number of carbonyl (C=O) groups excluding carboxylic acids is 1. The maximum absolute atomic E-state index is 12.2. The number of rotatable bonds is 4. The summed E-state index contributed by atoms with van der Waals surface area (Å²) in [7, 11) is 0. The molecule has 0 saturated carbocycles. The highest BCUT2D eigenvalue weighted by molar-refractivity contribution is 5.76. The lowest BCUT2D eigenvalue weighted by atomic mass is 10.2. The lowest BCUT2D eigenvalue weighted by Gasteiger charge is -2.27. The fourth-order valence-corrected chi connectivity index (χ4v) is 2.66. The zero-order valence-corrected chi connectivity index (χ0v) is 11.5. The van der Waals surface area contributed by atoms with Crippen LogP contribution in [0.3, 0.4) is 0 Å². The molecule has 0 aromatic carbocycles. The minimum absolute atomic E-state index is 0.0260. The highest BCUT2D eigenvalue weighted by Crippen LogP contribution is 2.08. The number of ether oxygens (including phenoxy) is 1. The second kappa shape index (κ2) is 7.79. The first-order valence-electron chi connectivity index (χ1n) is 7.23. The van der Waals surface area contributed by atoms with Gasteiger partial charge < -0.3 is 20.1 Å². The van der Waals surface area contributed by atoms with Crippen molar-refractivity contribution in [1.82, 2.24) is 15.1 Å². The number of β-amino-alcohol motifs (C(OH)–C–C–N with tert-alkyl or cyclic N) is 1. The molecule has 6 nitrogen and oxygen atoms in total.